The minimum absolute atomic E-state index is 0.291. The number of aryl methyl sites for hydroxylation is 1. The quantitative estimate of drug-likeness (QED) is 0.448. The summed E-state index contributed by atoms with van der Waals surface area (Å²) in [5, 5.41) is 0. The second kappa shape index (κ2) is 9.61. The van der Waals surface area contributed by atoms with E-state index in [1.54, 1.807) is 0 Å². The Kier molecular flexibility index (Phi) is 6.41. The van der Waals surface area contributed by atoms with E-state index in [1.807, 2.05) is 7.11 Å². The van der Waals surface area contributed by atoms with Gasteiger partial charge >= 0.3 is 0 Å². The van der Waals surface area contributed by atoms with Crippen LogP contribution in [0.5, 0.6) is 5.75 Å². The van der Waals surface area contributed by atoms with E-state index in [-0.39, 0.29) is 0 Å². The van der Waals surface area contributed by atoms with E-state index in [4.69, 9.17) is 9.47 Å². The number of hydrogen-bond donors (Lipinski definition) is 0. The second-order valence-electron chi connectivity index (χ2n) is 9.70. The van der Waals surface area contributed by atoms with Gasteiger partial charge in [0.2, 0.25) is 0 Å². The van der Waals surface area contributed by atoms with Crippen LogP contribution in [0.3, 0.4) is 0 Å². The van der Waals surface area contributed by atoms with Gasteiger partial charge in [-0.1, -0.05) is 54.6 Å². The van der Waals surface area contributed by atoms with Gasteiger partial charge in [0, 0.05) is 43.3 Å². The maximum absolute atomic E-state index is 6.26. The molecule has 1 fully saturated rings. The number of piperidine rings is 1. The number of methoxy groups -OCH3 is 1. The number of ether oxygens (including phenoxy) is 2. The van der Waals surface area contributed by atoms with Crippen LogP contribution >= 0.6 is 0 Å². The molecule has 0 saturated carbocycles. The van der Waals surface area contributed by atoms with E-state index in [1.165, 1.54) is 40.8 Å². The van der Waals surface area contributed by atoms with E-state index in [9.17, 15) is 0 Å². The molecule has 0 aromatic heterocycles. The summed E-state index contributed by atoms with van der Waals surface area (Å²) in [7, 11) is 1.83. The Morgan fingerprint density at radius 3 is 2.33 bits per heavy atom. The fourth-order valence-corrected chi connectivity index (χ4v) is 5.63. The highest BCUT2D eigenvalue weighted by atomic mass is 16.5. The maximum Gasteiger partial charge on any atom is 0.123 e. The molecule has 0 radical (unpaired) electrons. The van der Waals surface area contributed by atoms with Gasteiger partial charge in [0.25, 0.3) is 0 Å². The van der Waals surface area contributed by atoms with Gasteiger partial charge in [-0.3, -0.25) is 0 Å². The predicted octanol–water partition coefficient (Wildman–Crippen LogP) is 6.55. The molecule has 2 aliphatic rings. The van der Waals surface area contributed by atoms with Gasteiger partial charge in [-0.25, -0.2) is 0 Å². The van der Waals surface area contributed by atoms with Crippen LogP contribution in [-0.4, -0.2) is 32.9 Å². The molecule has 33 heavy (non-hydrogen) atoms. The normalized spacial score (nSPS) is 21.8. The molecule has 172 valence electrons. The minimum Gasteiger partial charge on any atom is -0.493 e. The molecule has 3 aromatic rings. The number of nitrogens with zero attached hydrogens (tertiary/aromatic N) is 1. The number of anilines is 1. The van der Waals surface area contributed by atoms with Gasteiger partial charge in [-0.2, -0.15) is 0 Å². The number of rotatable bonds is 5. The van der Waals surface area contributed by atoms with Crippen molar-refractivity contribution < 1.29 is 9.47 Å². The van der Waals surface area contributed by atoms with E-state index in [0.29, 0.717) is 30.5 Å². The lowest BCUT2D eigenvalue weighted by Gasteiger charge is -2.37. The van der Waals surface area contributed by atoms with Crippen molar-refractivity contribution in [3.8, 4) is 5.75 Å². The van der Waals surface area contributed by atoms with E-state index >= 15 is 0 Å². The molecule has 1 unspecified atom stereocenters. The van der Waals surface area contributed by atoms with Crippen LogP contribution < -0.4 is 9.64 Å². The van der Waals surface area contributed by atoms with E-state index < -0.39 is 0 Å². The molecule has 5 rings (SSSR count). The smallest absolute Gasteiger partial charge is 0.123 e. The standard InChI is InChI=1S/C30H35NO2/c1-21-9-14-27-29(19-21)33-20-28(24-7-5-4-6-8-24)30(27)25-10-12-26(13-11-25)31-17-15-23(16-18-31)22(2)32-3/h4-14,19,22-23,28,30H,15-18,20H2,1-3H3/t22?,28-,30-/m1/s1. The predicted molar refractivity (Wildman–Crippen MR) is 136 cm³/mol. The second-order valence-corrected chi connectivity index (χ2v) is 9.70. The van der Waals surface area contributed by atoms with Crippen LogP contribution in [0.4, 0.5) is 5.69 Å². The zero-order chi connectivity index (χ0) is 22.8. The Labute approximate surface area is 198 Å². The Morgan fingerprint density at radius 2 is 1.64 bits per heavy atom. The summed E-state index contributed by atoms with van der Waals surface area (Å²) < 4.78 is 11.8. The average Bonchev–Trinajstić information content (AvgIpc) is 2.88. The lowest BCUT2D eigenvalue weighted by atomic mass is 9.75. The third-order valence-corrected chi connectivity index (χ3v) is 7.75. The van der Waals surface area contributed by atoms with Gasteiger partial charge in [0.05, 0.1) is 12.7 Å². The fourth-order valence-electron chi connectivity index (χ4n) is 5.63. The zero-order valence-corrected chi connectivity index (χ0v) is 20.0. The van der Waals surface area contributed by atoms with Crippen LogP contribution in [0.25, 0.3) is 0 Å². The molecule has 2 heterocycles. The minimum atomic E-state index is 0.291. The lowest BCUT2D eigenvalue weighted by Crippen LogP contribution is -2.37. The van der Waals surface area contributed by atoms with Gasteiger partial charge in [-0.15, -0.1) is 0 Å². The first-order chi connectivity index (χ1) is 16.1. The van der Waals surface area contributed by atoms with Crippen molar-refractivity contribution in [2.24, 2.45) is 5.92 Å². The van der Waals surface area contributed by atoms with Crippen LogP contribution in [0, 0.1) is 12.8 Å². The monoisotopic (exact) mass is 441 g/mol. The summed E-state index contributed by atoms with van der Waals surface area (Å²) in [6.07, 6.45) is 2.74. The highest BCUT2D eigenvalue weighted by Gasteiger charge is 2.33. The average molecular weight is 442 g/mol. The lowest BCUT2D eigenvalue weighted by molar-refractivity contribution is 0.0564. The van der Waals surface area contributed by atoms with Crippen LogP contribution in [0.15, 0.2) is 72.8 Å². The number of hydrogen-bond acceptors (Lipinski definition) is 3. The zero-order valence-electron chi connectivity index (χ0n) is 20.0. The Hall–Kier alpha value is -2.78. The topological polar surface area (TPSA) is 21.7 Å². The molecular formula is C30H35NO2. The highest BCUT2D eigenvalue weighted by molar-refractivity contribution is 5.53. The molecule has 1 saturated heterocycles. The van der Waals surface area contributed by atoms with Gasteiger partial charge < -0.3 is 14.4 Å². The fraction of sp³-hybridized carbons (Fsp3) is 0.400. The van der Waals surface area contributed by atoms with E-state index in [0.717, 1.165) is 18.8 Å². The summed E-state index contributed by atoms with van der Waals surface area (Å²) in [6, 6.07) is 26.8. The first-order valence-electron chi connectivity index (χ1n) is 12.3. The maximum atomic E-state index is 6.26. The Morgan fingerprint density at radius 1 is 0.909 bits per heavy atom. The Bertz CT molecular complexity index is 1050. The first kappa shape index (κ1) is 22.0. The van der Waals surface area contributed by atoms with Crippen LogP contribution in [-0.2, 0) is 4.74 Å². The van der Waals surface area contributed by atoms with Crippen molar-refractivity contribution >= 4 is 5.69 Å². The van der Waals surface area contributed by atoms with Crippen molar-refractivity contribution in [3.63, 3.8) is 0 Å². The summed E-state index contributed by atoms with van der Waals surface area (Å²) in [5.74, 6) is 2.29. The third-order valence-electron chi connectivity index (χ3n) is 7.75. The SMILES string of the molecule is COC(C)C1CCN(c2ccc([C@@H]3c4ccc(C)cc4OC[C@@H]3c3ccccc3)cc2)CC1. The van der Waals surface area contributed by atoms with Crippen molar-refractivity contribution in [1.82, 2.24) is 0 Å². The molecule has 0 amide bonds. The summed E-state index contributed by atoms with van der Waals surface area (Å²) in [5.41, 5.74) is 6.57. The molecule has 3 nitrogen and oxygen atoms in total. The summed E-state index contributed by atoms with van der Waals surface area (Å²) >= 11 is 0. The molecule has 3 aromatic carbocycles. The van der Waals surface area contributed by atoms with Crippen molar-refractivity contribution in [2.75, 3.05) is 31.7 Å². The van der Waals surface area contributed by atoms with Crippen molar-refractivity contribution in [3.05, 3.63) is 95.1 Å². The first-order valence-corrected chi connectivity index (χ1v) is 12.3. The molecule has 3 atom stereocenters. The highest BCUT2D eigenvalue weighted by Crippen LogP contribution is 2.46. The summed E-state index contributed by atoms with van der Waals surface area (Å²) in [6.45, 7) is 7.24. The molecule has 0 spiro atoms. The van der Waals surface area contributed by atoms with Crippen LogP contribution in [0.2, 0.25) is 0 Å². The van der Waals surface area contributed by atoms with Crippen molar-refractivity contribution in [2.45, 2.75) is 44.6 Å². The molecule has 3 heteroatoms. The summed E-state index contributed by atoms with van der Waals surface area (Å²) in [4.78, 5) is 2.53. The van der Waals surface area contributed by atoms with Crippen molar-refractivity contribution in [1.29, 1.82) is 0 Å². The number of benzene rings is 3. The van der Waals surface area contributed by atoms with E-state index in [2.05, 4.69) is 91.5 Å². The third kappa shape index (κ3) is 4.52. The van der Waals surface area contributed by atoms with Gasteiger partial charge in [-0.05, 0) is 67.5 Å². The van der Waals surface area contributed by atoms with Gasteiger partial charge in [0.1, 0.15) is 5.75 Å². The molecular weight excluding hydrogens is 406 g/mol. The molecule has 0 bridgehead atoms. The molecule has 0 N–H and O–H groups in total. The van der Waals surface area contributed by atoms with Crippen LogP contribution in [0.1, 0.15) is 53.9 Å². The molecule has 0 aliphatic carbocycles. The largest absolute Gasteiger partial charge is 0.493 e. The Balaban J connectivity index is 1.42. The number of fused-ring (bicyclic) bond motifs is 1. The van der Waals surface area contributed by atoms with Gasteiger partial charge in [0.15, 0.2) is 0 Å². The molecule has 2 aliphatic heterocycles.